The third-order valence-electron chi connectivity index (χ3n) is 3.00. The maximum absolute atomic E-state index is 8.88. The number of nitrogens with zero attached hydrogens (tertiary/aromatic N) is 3. The fourth-order valence-electron chi connectivity index (χ4n) is 1.93. The summed E-state index contributed by atoms with van der Waals surface area (Å²) < 4.78 is 0. The molecule has 1 aromatic carbocycles. The molecule has 1 saturated heterocycles. The molecule has 1 aromatic rings. The van der Waals surface area contributed by atoms with Crippen molar-refractivity contribution < 1.29 is 0 Å². The van der Waals surface area contributed by atoms with E-state index in [-0.39, 0.29) is 0 Å². The SMILES string of the molecule is CN1CCN(c2cc(C#N)ccc2N)CC1. The third kappa shape index (κ3) is 2.10. The van der Waals surface area contributed by atoms with E-state index in [0.29, 0.717) is 5.56 Å². The van der Waals surface area contributed by atoms with Crippen LogP contribution in [0.3, 0.4) is 0 Å². The molecule has 0 radical (unpaired) electrons. The van der Waals surface area contributed by atoms with Crippen molar-refractivity contribution in [1.29, 1.82) is 5.26 Å². The summed E-state index contributed by atoms with van der Waals surface area (Å²) in [4.78, 5) is 4.54. The van der Waals surface area contributed by atoms with Crippen LogP contribution < -0.4 is 10.6 Å². The fraction of sp³-hybridized carbons (Fsp3) is 0.417. The molecule has 0 aliphatic carbocycles. The topological polar surface area (TPSA) is 56.3 Å². The Labute approximate surface area is 95.9 Å². The first-order chi connectivity index (χ1) is 7.70. The lowest BCUT2D eigenvalue weighted by Crippen LogP contribution is -2.44. The summed E-state index contributed by atoms with van der Waals surface area (Å²) in [6.45, 7) is 4.01. The lowest BCUT2D eigenvalue weighted by Gasteiger charge is -2.34. The zero-order valence-corrected chi connectivity index (χ0v) is 9.48. The highest BCUT2D eigenvalue weighted by atomic mass is 15.2. The van der Waals surface area contributed by atoms with Gasteiger partial charge in [0, 0.05) is 26.2 Å². The first-order valence-corrected chi connectivity index (χ1v) is 5.44. The molecule has 1 heterocycles. The molecule has 1 aliphatic heterocycles. The van der Waals surface area contributed by atoms with Crippen molar-refractivity contribution in [2.75, 3.05) is 43.9 Å². The molecular weight excluding hydrogens is 200 g/mol. The summed E-state index contributed by atoms with van der Waals surface area (Å²) in [6.07, 6.45) is 0. The van der Waals surface area contributed by atoms with Crippen molar-refractivity contribution in [2.24, 2.45) is 0 Å². The van der Waals surface area contributed by atoms with Gasteiger partial charge in [0.2, 0.25) is 0 Å². The Kier molecular flexibility index (Phi) is 2.97. The second-order valence-corrected chi connectivity index (χ2v) is 4.18. The van der Waals surface area contributed by atoms with Crippen LogP contribution in [-0.2, 0) is 0 Å². The number of rotatable bonds is 1. The Hall–Kier alpha value is -1.73. The van der Waals surface area contributed by atoms with Crippen molar-refractivity contribution in [3.05, 3.63) is 23.8 Å². The van der Waals surface area contributed by atoms with Crippen LogP contribution in [0.25, 0.3) is 0 Å². The van der Waals surface area contributed by atoms with Gasteiger partial charge in [0.1, 0.15) is 0 Å². The Bertz CT molecular complexity index is 414. The molecule has 0 spiro atoms. The number of anilines is 2. The first-order valence-electron chi connectivity index (χ1n) is 5.44. The van der Waals surface area contributed by atoms with Gasteiger partial charge in [-0.15, -0.1) is 0 Å². The molecule has 84 valence electrons. The predicted octanol–water partition coefficient (Wildman–Crippen LogP) is 0.892. The second-order valence-electron chi connectivity index (χ2n) is 4.18. The predicted molar refractivity (Wildman–Crippen MR) is 65.3 cm³/mol. The van der Waals surface area contributed by atoms with Crippen LogP contribution in [0.5, 0.6) is 0 Å². The molecule has 0 atom stereocenters. The standard InChI is InChI=1S/C12H16N4/c1-15-4-6-16(7-5-15)12-8-10(9-13)2-3-11(12)14/h2-3,8H,4-7,14H2,1H3. The highest BCUT2D eigenvalue weighted by Gasteiger charge is 2.16. The largest absolute Gasteiger partial charge is 0.397 e. The lowest BCUT2D eigenvalue weighted by molar-refractivity contribution is 0.313. The van der Waals surface area contributed by atoms with Crippen LogP contribution in [-0.4, -0.2) is 38.1 Å². The van der Waals surface area contributed by atoms with Crippen molar-refractivity contribution in [3.63, 3.8) is 0 Å². The summed E-state index contributed by atoms with van der Waals surface area (Å²) in [5.41, 5.74) is 8.36. The number of likely N-dealkylation sites (N-methyl/N-ethyl adjacent to an activating group) is 1. The van der Waals surface area contributed by atoms with E-state index in [9.17, 15) is 0 Å². The van der Waals surface area contributed by atoms with Crippen molar-refractivity contribution in [1.82, 2.24) is 4.90 Å². The summed E-state index contributed by atoms with van der Waals surface area (Å²) in [5, 5.41) is 8.88. The summed E-state index contributed by atoms with van der Waals surface area (Å²) in [7, 11) is 2.12. The fourth-order valence-corrected chi connectivity index (χ4v) is 1.93. The molecule has 0 amide bonds. The van der Waals surface area contributed by atoms with Crippen molar-refractivity contribution >= 4 is 11.4 Å². The second kappa shape index (κ2) is 4.42. The normalized spacial score (nSPS) is 17.1. The zero-order valence-electron chi connectivity index (χ0n) is 9.48. The molecule has 0 unspecified atom stereocenters. The Balaban J connectivity index is 2.23. The molecule has 1 aliphatic rings. The monoisotopic (exact) mass is 216 g/mol. The van der Waals surface area contributed by atoms with E-state index < -0.39 is 0 Å². The van der Waals surface area contributed by atoms with E-state index in [2.05, 4.69) is 22.9 Å². The summed E-state index contributed by atoms with van der Waals surface area (Å²) >= 11 is 0. The summed E-state index contributed by atoms with van der Waals surface area (Å²) in [5.74, 6) is 0. The minimum absolute atomic E-state index is 0.670. The Morgan fingerprint density at radius 1 is 1.25 bits per heavy atom. The van der Waals surface area contributed by atoms with E-state index >= 15 is 0 Å². The number of piperazine rings is 1. The summed E-state index contributed by atoms with van der Waals surface area (Å²) in [6, 6.07) is 7.60. The molecule has 4 heteroatoms. The van der Waals surface area contributed by atoms with Gasteiger partial charge in [0.05, 0.1) is 23.0 Å². The van der Waals surface area contributed by atoms with E-state index in [4.69, 9.17) is 11.0 Å². The van der Waals surface area contributed by atoms with Gasteiger partial charge in [-0.05, 0) is 25.2 Å². The number of hydrogen-bond donors (Lipinski definition) is 1. The smallest absolute Gasteiger partial charge is 0.0992 e. The van der Waals surface area contributed by atoms with Crippen LogP contribution in [0.1, 0.15) is 5.56 Å². The quantitative estimate of drug-likeness (QED) is 0.708. The van der Waals surface area contributed by atoms with Gasteiger partial charge in [-0.3, -0.25) is 0 Å². The van der Waals surface area contributed by atoms with Gasteiger partial charge in [-0.25, -0.2) is 0 Å². The van der Waals surface area contributed by atoms with E-state index in [1.807, 2.05) is 12.1 Å². The Morgan fingerprint density at radius 2 is 1.94 bits per heavy atom. The van der Waals surface area contributed by atoms with Gasteiger partial charge in [-0.1, -0.05) is 0 Å². The number of benzene rings is 1. The number of nitrogen functional groups attached to an aromatic ring is 1. The molecule has 0 bridgehead atoms. The molecule has 0 saturated carbocycles. The van der Waals surface area contributed by atoms with Crippen LogP contribution in [0, 0.1) is 11.3 Å². The molecule has 0 aromatic heterocycles. The number of hydrogen-bond acceptors (Lipinski definition) is 4. The van der Waals surface area contributed by atoms with Gasteiger partial charge in [0.25, 0.3) is 0 Å². The minimum Gasteiger partial charge on any atom is -0.397 e. The molecule has 16 heavy (non-hydrogen) atoms. The highest BCUT2D eigenvalue weighted by molar-refractivity contribution is 5.69. The Morgan fingerprint density at radius 3 is 2.56 bits per heavy atom. The highest BCUT2D eigenvalue weighted by Crippen LogP contribution is 2.25. The van der Waals surface area contributed by atoms with Crippen LogP contribution in [0.15, 0.2) is 18.2 Å². The number of nitrogens with two attached hydrogens (primary N) is 1. The van der Waals surface area contributed by atoms with E-state index in [1.165, 1.54) is 0 Å². The van der Waals surface area contributed by atoms with Gasteiger partial charge in [-0.2, -0.15) is 5.26 Å². The average Bonchev–Trinajstić information content (AvgIpc) is 2.31. The van der Waals surface area contributed by atoms with Crippen LogP contribution in [0.4, 0.5) is 11.4 Å². The van der Waals surface area contributed by atoms with E-state index in [0.717, 1.165) is 37.6 Å². The molecular formula is C12H16N4. The number of nitriles is 1. The minimum atomic E-state index is 0.670. The average molecular weight is 216 g/mol. The third-order valence-corrected chi connectivity index (χ3v) is 3.00. The van der Waals surface area contributed by atoms with Crippen molar-refractivity contribution in [2.45, 2.75) is 0 Å². The van der Waals surface area contributed by atoms with Gasteiger partial charge in [0.15, 0.2) is 0 Å². The molecule has 1 fully saturated rings. The van der Waals surface area contributed by atoms with Crippen LogP contribution >= 0.6 is 0 Å². The molecule has 2 N–H and O–H groups in total. The zero-order chi connectivity index (χ0) is 11.5. The first kappa shape index (κ1) is 10.8. The van der Waals surface area contributed by atoms with Gasteiger partial charge < -0.3 is 15.5 Å². The molecule has 4 nitrogen and oxygen atoms in total. The maximum atomic E-state index is 8.88. The maximum Gasteiger partial charge on any atom is 0.0992 e. The van der Waals surface area contributed by atoms with Gasteiger partial charge >= 0.3 is 0 Å². The van der Waals surface area contributed by atoms with Crippen LogP contribution in [0.2, 0.25) is 0 Å². The van der Waals surface area contributed by atoms with E-state index in [1.54, 1.807) is 6.07 Å². The molecule has 2 rings (SSSR count). The lowest BCUT2D eigenvalue weighted by atomic mass is 10.1. The van der Waals surface area contributed by atoms with Crippen molar-refractivity contribution in [3.8, 4) is 6.07 Å².